The molecule has 0 bridgehead atoms. The second kappa shape index (κ2) is 10.2. The Bertz CT molecular complexity index is 1400. The molecule has 0 saturated heterocycles. The van der Waals surface area contributed by atoms with Crippen molar-refractivity contribution in [1.82, 2.24) is 4.57 Å². The van der Waals surface area contributed by atoms with Crippen LogP contribution in [0, 0.1) is 13.8 Å². The largest absolute Gasteiger partial charge is 0.340 e. The Hall–Kier alpha value is -3.84. The van der Waals surface area contributed by atoms with Crippen molar-refractivity contribution in [2.24, 2.45) is 0 Å². The molecule has 0 unspecified atom stereocenters. The summed E-state index contributed by atoms with van der Waals surface area (Å²) in [6.07, 6.45) is 11.2. The minimum absolute atomic E-state index is 1.05. The van der Waals surface area contributed by atoms with Gasteiger partial charge in [-0.25, -0.2) is 0 Å². The normalized spacial score (nSPS) is 12.0. The summed E-state index contributed by atoms with van der Waals surface area (Å²) >= 11 is 0. The number of hydrogen-bond acceptors (Lipinski definition) is 0. The molecule has 0 spiro atoms. The Kier molecular flexibility index (Phi) is 6.68. The van der Waals surface area contributed by atoms with Crippen LogP contribution in [0.5, 0.6) is 0 Å². The Morgan fingerprint density at radius 3 is 1.37 bits per heavy atom. The molecule has 0 fully saturated rings. The van der Waals surface area contributed by atoms with Crippen LogP contribution in [-0.4, -0.2) is 4.57 Å². The van der Waals surface area contributed by atoms with E-state index >= 15 is 0 Å². The third kappa shape index (κ3) is 5.15. The van der Waals surface area contributed by atoms with Crippen molar-refractivity contribution in [3.63, 3.8) is 0 Å². The standard InChI is InChI=1S/C34H33N/c1-4-5-22-35-33-20-18-29(16-14-27-10-6-25(2)7-11-27)23-31(33)32-24-30(19-21-34(32)35)17-15-28-12-8-26(3)9-13-28/h6-21,23-24H,4-5,22H2,1-3H3/b16-14+,17-15+. The molecule has 0 aliphatic carbocycles. The van der Waals surface area contributed by atoms with Crippen molar-refractivity contribution < 1.29 is 0 Å². The topological polar surface area (TPSA) is 4.93 Å². The summed E-state index contributed by atoms with van der Waals surface area (Å²) in [5.41, 5.74) is 10.1. The average Bonchev–Trinajstić information content (AvgIpc) is 3.19. The number of rotatable bonds is 7. The fourth-order valence-corrected chi connectivity index (χ4v) is 4.64. The number of nitrogens with zero attached hydrogens (tertiary/aromatic N) is 1. The molecule has 1 heteroatoms. The zero-order valence-corrected chi connectivity index (χ0v) is 21.0. The highest BCUT2D eigenvalue weighted by molar-refractivity contribution is 6.09. The van der Waals surface area contributed by atoms with Gasteiger partial charge in [0.05, 0.1) is 0 Å². The molecular weight excluding hydrogens is 422 g/mol. The van der Waals surface area contributed by atoms with Crippen molar-refractivity contribution in [3.8, 4) is 0 Å². The molecule has 0 aliphatic heterocycles. The second-order valence-corrected chi connectivity index (χ2v) is 9.55. The lowest BCUT2D eigenvalue weighted by Crippen LogP contribution is -1.96. The predicted octanol–water partition coefficient (Wildman–Crippen LogP) is 9.55. The van der Waals surface area contributed by atoms with Crippen LogP contribution in [0.1, 0.15) is 53.1 Å². The van der Waals surface area contributed by atoms with Gasteiger partial charge in [0, 0.05) is 28.4 Å². The van der Waals surface area contributed by atoms with Gasteiger partial charge in [0.25, 0.3) is 0 Å². The van der Waals surface area contributed by atoms with Crippen LogP contribution in [0.25, 0.3) is 46.1 Å². The van der Waals surface area contributed by atoms with Gasteiger partial charge in [-0.3, -0.25) is 0 Å². The zero-order chi connectivity index (χ0) is 24.2. The summed E-state index contributed by atoms with van der Waals surface area (Å²) in [5, 5.41) is 2.65. The molecule has 1 aromatic heterocycles. The van der Waals surface area contributed by atoms with Crippen LogP contribution in [-0.2, 0) is 6.54 Å². The van der Waals surface area contributed by atoms with Gasteiger partial charge in [0.2, 0.25) is 0 Å². The maximum absolute atomic E-state index is 2.50. The van der Waals surface area contributed by atoms with E-state index < -0.39 is 0 Å². The Balaban J connectivity index is 1.55. The molecule has 0 aliphatic rings. The van der Waals surface area contributed by atoms with Crippen LogP contribution in [0.15, 0.2) is 84.9 Å². The van der Waals surface area contributed by atoms with E-state index in [4.69, 9.17) is 0 Å². The van der Waals surface area contributed by atoms with E-state index in [0.29, 0.717) is 0 Å². The molecule has 174 valence electrons. The van der Waals surface area contributed by atoms with Crippen molar-refractivity contribution in [2.75, 3.05) is 0 Å². The fourth-order valence-electron chi connectivity index (χ4n) is 4.64. The quantitative estimate of drug-likeness (QED) is 0.215. The van der Waals surface area contributed by atoms with Crippen LogP contribution < -0.4 is 0 Å². The first-order valence-corrected chi connectivity index (χ1v) is 12.7. The molecule has 1 heterocycles. The van der Waals surface area contributed by atoms with E-state index in [2.05, 4.69) is 135 Å². The van der Waals surface area contributed by atoms with Gasteiger partial charge in [0.15, 0.2) is 0 Å². The Morgan fingerprint density at radius 2 is 0.943 bits per heavy atom. The van der Waals surface area contributed by atoms with E-state index in [0.717, 1.165) is 6.54 Å². The second-order valence-electron chi connectivity index (χ2n) is 9.55. The van der Waals surface area contributed by atoms with Gasteiger partial charge in [-0.05, 0) is 66.8 Å². The van der Waals surface area contributed by atoms with Gasteiger partial charge >= 0.3 is 0 Å². The molecule has 0 amide bonds. The van der Waals surface area contributed by atoms with Crippen LogP contribution in [0.2, 0.25) is 0 Å². The van der Waals surface area contributed by atoms with E-state index in [1.807, 2.05) is 0 Å². The summed E-state index contributed by atoms with van der Waals surface area (Å²) in [5.74, 6) is 0. The van der Waals surface area contributed by atoms with Crippen LogP contribution in [0.3, 0.4) is 0 Å². The van der Waals surface area contributed by atoms with Gasteiger partial charge in [0.1, 0.15) is 0 Å². The summed E-state index contributed by atoms with van der Waals surface area (Å²) in [6, 6.07) is 31.1. The minimum atomic E-state index is 1.05. The van der Waals surface area contributed by atoms with E-state index in [9.17, 15) is 0 Å². The molecule has 0 N–H and O–H groups in total. The first kappa shape index (κ1) is 22.9. The van der Waals surface area contributed by atoms with E-state index in [1.165, 1.54) is 68.0 Å². The first-order valence-electron chi connectivity index (χ1n) is 12.7. The van der Waals surface area contributed by atoms with Crippen molar-refractivity contribution in [3.05, 3.63) is 118 Å². The lowest BCUT2D eigenvalue weighted by molar-refractivity contribution is 0.665. The number of hydrogen-bond donors (Lipinski definition) is 0. The van der Waals surface area contributed by atoms with E-state index in [1.54, 1.807) is 0 Å². The van der Waals surface area contributed by atoms with Gasteiger partial charge < -0.3 is 4.57 Å². The maximum Gasteiger partial charge on any atom is 0.0491 e. The average molecular weight is 456 g/mol. The number of benzene rings is 4. The molecule has 0 atom stereocenters. The van der Waals surface area contributed by atoms with Crippen LogP contribution in [0.4, 0.5) is 0 Å². The summed E-state index contributed by atoms with van der Waals surface area (Å²) < 4.78 is 2.50. The monoisotopic (exact) mass is 455 g/mol. The van der Waals surface area contributed by atoms with Gasteiger partial charge in [-0.15, -0.1) is 0 Å². The third-order valence-corrected chi connectivity index (χ3v) is 6.74. The fraction of sp³-hybridized carbons (Fsp3) is 0.176. The summed E-state index contributed by atoms with van der Waals surface area (Å²) in [7, 11) is 0. The molecular formula is C34H33N. The highest BCUT2D eigenvalue weighted by Crippen LogP contribution is 2.32. The van der Waals surface area contributed by atoms with Crippen LogP contribution >= 0.6 is 0 Å². The lowest BCUT2D eigenvalue weighted by atomic mass is 10.0. The minimum Gasteiger partial charge on any atom is -0.340 e. The van der Waals surface area contributed by atoms with Gasteiger partial charge in [-0.1, -0.05) is 109 Å². The van der Waals surface area contributed by atoms with E-state index in [-0.39, 0.29) is 0 Å². The highest BCUT2D eigenvalue weighted by atomic mass is 15.0. The molecule has 4 aromatic carbocycles. The zero-order valence-electron chi connectivity index (χ0n) is 21.0. The number of fused-ring (bicyclic) bond motifs is 3. The number of unbranched alkanes of at least 4 members (excludes halogenated alkanes) is 1. The Morgan fingerprint density at radius 1 is 0.543 bits per heavy atom. The van der Waals surface area contributed by atoms with Crippen molar-refractivity contribution in [1.29, 1.82) is 0 Å². The predicted molar refractivity (Wildman–Crippen MR) is 155 cm³/mol. The lowest BCUT2D eigenvalue weighted by Gasteiger charge is -2.06. The molecule has 0 radical (unpaired) electrons. The SMILES string of the molecule is CCCCn1c2ccc(/C=C/c3ccc(C)cc3)cc2c2cc(/C=C/c3ccc(C)cc3)ccc21. The number of aryl methyl sites for hydroxylation is 3. The van der Waals surface area contributed by atoms with Gasteiger partial charge in [-0.2, -0.15) is 0 Å². The maximum atomic E-state index is 2.50. The third-order valence-electron chi connectivity index (χ3n) is 6.74. The molecule has 35 heavy (non-hydrogen) atoms. The van der Waals surface area contributed by atoms with Crippen molar-refractivity contribution >= 4 is 46.1 Å². The molecule has 5 aromatic rings. The number of aromatic nitrogens is 1. The van der Waals surface area contributed by atoms with Crippen molar-refractivity contribution in [2.45, 2.75) is 40.2 Å². The summed E-state index contributed by atoms with van der Waals surface area (Å²) in [4.78, 5) is 0. The highest BCUT2D eigenvalue weighted by Gasteiger charge is 2.11. The Labute approximate surface area is 209 Å². The first-order chi connectivity index (χ1) is 17.1. The molecule has 0 saturated carbocycles. The molecule has 5 rings (SSSR count). The molecule has 1 nitrogen and oxygen atoms in total. The summed E-state index contributed by atoms with van der Waals surface area (Å²) in [6.45, 7) is 7.56. The smallest absolute Gasteiger partial charge is 0.0491 e.